The summed E-state index contributed by atoms with van der Waals surface area (Å²) in [4.78, 5) is 27.1. The van der Waals surface area contributed by atoms with Crippen LogP contribution in [0.4, 0.5) is 0 Å². The lowest BCUT2D eigenvalue weighted by Gasteiger charge is -2.27. The molecule has 0 saturated heterocycles. The minimum absolute atomic E-state index is 0.0153. The fraction of sp³-hybridized carbons (Fsp3) is 0.0370. The number of carbonyl (C=O) groups excluding carboxylic acids is 2. The van der Waals surface area contributed by atoms with Gasteiger partial charge in [0.05, 0.1) is 17.0 Å². The second kappa shape index (κ2) is 9.42. The van der Waals surface area contributed by atoms with E-state index in [4.69, 9.17) is 0 Å². The second-order valence-corrected chi connectivity index (χ2v) is 10.1. The lowest BCUT2D eigenvalue weighted by Crippen LogP contribution is -2.39. The summed E-state index contributed by atoms with van der Waals surface area (Å²) in [5, 5.41) is 19.1. The third-order valence-corrected chi connectivity index (χ3v) is 7.05. The van der Waals surface area contributed by atoms with Gasteiger partial charge >= 0.3 is 7.12 Å². The van der Waals surface area contributed by atoms with E-state index in [1.165, 1.54) is 6.07 Å². The van der Waals surface area contributed by atoms with Crippen LogP contribution in [0.1, 0.15) is 37.4 Å². The van der Waals surface area contributed by atoms with Crippen molar-refractivity contribution in [1.29, 1.82) is 0 Å². The van der Waals surface area contributed by atoms with Gasteiger partial charge < -0.3 is 10.0 Å². The zero-order chi connectivity index (χ0) is 26.3. The third kappa shape index (κ3) is 4.83. The minimum atomic E-state index is -4.55. The largest absolute Gasteiger partial charge is 0.488 e. The monoisotopic (exact) mass is 513 g/mol. The first kappa shape index (κ1) is 24.6. The van der Waals surface area contributed by atoms with Crippen LogP contribution in [-0.4, -0.2) is 46.9 Å². The lowest BCUT2D eigenvalue weighted by atomic mass is 9.80. The fourth-order valence-electron chi connectivity index (χ4n) is 4.31. The maximum absolute atomic E-state index is 13.3. The summed E-state index contributed by atoms with van der Waals surface area (Å²) in [5.74, 6) is -1.12. The van der Waals surface area contributed by atoms with Gasteiger partial charge in [0.15, 0.2) is 0 Å². The number of nitrogens with zero attached hydrogens (tertiary/aromatic N) is 1. The number of rotatable bonds is 6. The van der Waals surface area contributed by atoms with Gasteiger partial charge in [0.25, 0.3) is 21.9 Å². The first-order chi connectivity index (χ1) is 17.6. The fourth-order valence-corrected chi connectivity index (χ4v) is 4.85. The van der Waals surface area contributed by atoms with Crippen LogP contribution in [0.3, 0.4) is 0 Å². The number of imide groups is 1. The molecule has 184 valence electrons. The average Bonchev–Trinajstić information content (AvgIpc) is 2.88. The van der Waals surface area contributed by atoms with Crippen LogP contribution < -0.4 is 5.46 Å². The average molecular weight is 513 g/mol. The summed E-state index contributed by atoms with van der Waals surface area (Å²) in [6, 6.07) is 21.1. The highest BCUT2D eigenvalue weighted by molar-refractivity contribution is 7.85. The molecule has 8 nitrogen and oxygen atoms in total. The molecule has 4 aromatic rings. The Morgan fingerprint density at radius 2 is 1.38 bits per heavy atom. The van der Waals surface area contributed by atoms with Crippen LogP contribution in [0, 0.1) is 0 Å². The van der Waals surface area contributed by atoms with Crippen molar-refractivity contribution >= 4 is 57.4 Å². The standard InChI is InChI=1S/C27H20BNO7S/c30-26-23-3-1-2-20-14-22(37(34,35)36)15-24(25(20)23)27(31)29(26)16-19-8-6-17(7-9-19)4-5-18-10-12-21(13-11-18)28(32)33/h1-15,32-33H,16H2,(H,34,35,36)/b5-4+. The molecule has 4 aromatic carbocycles. The molecule has 10 heteroatoms. The summed E-state index contributed by atoms with van der Waals surface area (Å²) in [6.07, 6.45) is 3.74. The van der Waals surface area contributed by atoms with Crippen molar-refractivity contribution in [2.75, 3.05) is 0 Å². The molecule has 3 N–H and O–H groups in total. The van der Waals surface area contributed by atoms with E-state index >= 15 is 0 Å². The molecule has 0 bridgehead atoms. The summed E-state index contributed by atoms with van der Waals surface area (Å²) < 4.78 is 33.0. The smallest absolute Gasteiger partial charge is 0.423 e. The Hall–Kier alpha value is -4.09. The predicted molar refractivity (Wildman–Crippen MR) is 140 cm³/mol. The molecule has 2 amide bonds. The predicted octanol–water partition coefficient (Wildman–Crippen LogP) is 2.73. The molecule has 1 aliphatic heterocycles. The number of hydrogen-bond acceptors (Lipinski definition) is 6. The van der Waals surface area contributed by atoms with Gasteiger partial charge in [-0.15, -0.1) is 0 Å². The summed E-state index contributed by atoms with van der Waals surface area (Å²) in [6.45, 7) is -0.0153. The summed E-state index contributed by atoms with van der Waals surface area (Å²) in [5.41, 5.74) is 3.17. The van der Waals surface area contributed by atoms with E-state index in [1.54, 1.807) is 54.6 Å². The Kier molecular flexibility index (Phi) is 6.26. The van der Waals surface area contributed by atoms with E-state index < -0.39 is 33.9 Å². The summed E-state index contributed by atoms with van der Waals surface area (Å²) >= 11 is 0. The van der Waals surface area contributed by atoms with Crippen LogP contribution in [0.25, 0.3) is 22.9 Å². The summed E-state index contributed by atoms with van der Waals surface area (Å²) in [7, 11) is -6.07. The minimum Gasteiger partial charge on any atom is -0.423 e. The van der Waals surface area contributed by atoms with Crippen LogP contribution in [-0.2, 0) is 16.7 Å². The van der Waals surface area contributed by atoms with E-state index in [0.717, 1.165) is 22.1 Å². The first-order valence-electron chi connectivity index (χ1n) is 11.3. The number of carbonyl (C=O) groups is 2. The van der Waals surface area contributed by atoms with E-state index in [2.05, 4.69) is 0 Å². The molecule has 0 saturated carbocycles. The van der Waals surface area contributed by atoms with Gasteiger partial charge in [-0.2, -0.15) is 8.42 Å². The zero-order valence-electron chi connectivity index (χ0n) is 19.3. The van der Waals surface area contributed by atoms with E-state index in [-0.39, 0.29) is 17.7 Å². The van der Waals surface area contributed by atoms with Crippen molar-refractivity contribution in [3.8, 4) is 0 Å². The molecular formula is C27H20BNO7S. The molecule has 0 spiro atoms. The van der Waals surface area contributed by atoms with Crippen LogP contribution in [0.2, 0.25) is 0 Å². The van der Waals surface area contributed by atoms with E-state index in [9.17, 15) is 32.6 Å². The van der Waals surface area contributed by atoms with E-state index in [0.29, 0.717) is 21.8 Å². The maximum atomic E-state index is 13.3. The van der Waals surface area contributed by atoms with Gasteiger partial charge in [-0.3, -0.25) is 19.0 Å². The Balaban J connectivity index is 1.39. The molecule has 0 unspecified atom stereocenters. The van der Waals surface area contributed by atoms with Gasteiger partial charge in [0.2, 0.25) is 0 Å². The molecular weight excluding hydrogens is 493 g/mol. The highest BCUT2D eigenvalue weighted by atomic mass is 32.2. The van der Waals surface area contributed by atoms with E-state index in [1.807, 2.05) is 24.3 Å². The number of amides is 2. The molecule has 0 fully saturated rings. The van der Waals surface area contributed by atoms with Crippen molar-refractivity contribution in [3.63, 3.8) is 0 Å². The van der Waals surface area contributed by atoms with Crippen molar-refractivity contribution in [1.82, 2.24) is 4.90 Å². The quantitative estimate of drug-likeness (QED) is 0.156. The van der Waals surface area contributed by atoms with Crippen LogP contribution in [0.5, 0.6) is 0 Å². The highest BCUT2D eigenvalue weighted by Gasteiger charge is 2.34. The Morgan fingerprint density at radius 1 is 0.784 bits per heavy atom. The highest BCUT2D eigenvalue weighted by Crippen LogP contribution is 2.33. The second-order valence-electron chi connectivity index (χ2n) is 8.66. The molecule has 0 aliphatic carbocycles. The Labute approximate surface area is 213 Å². The molecule has 1 heterocycles. The SMILES string of the molecule is O=C1c2cccc3cc(S(=O)(=O)O)cc(c23)C(=O)N1Cc1ccc(/C=C/c2ccc(B(O)O)cc2)cc1. The molecule has 0 radical (unpaired) electrons. The van der Waals surface area contributed by atoms with Crippen molar-refractivity contribution in [2.24, 2.45) is 0 Å². The van der Waals surface area contributed by atoms with Crippen molar-refractivity contribution in [2.45, 2.75) is 11.4 Å². The zero-order valence-corrected chi connectivity index (χ0v) is 20.1. The van der Waals surface area contributed by atoms with Crippen molar-refractivity contribution < 1.29 is 32.6 Å². The lowest BCUT2D eigenvalue weighted by molar-refractivity contribution is 0.0598. The Morgan fingerprint density at radius 3 is 1.97 bits per heavy atom. The molecule has 0 aromatic heterocycles. The maximum Gasteiger partial charge on any atom is 0.488 e. The molecule has 0 atom stereocenters. The Bertz CT molecular complexity index is 1680. The van der Waals surface area contributed by atoms with Crippen LogP contribution >= 0.6 is 0 Å². The van der Waals surface area contributed by atoms with Crippen LogP contribution in [0.15, 0.2) is 83.8 Å². The first-order valence-corrected chi connectivity index (χ1v) is 12.7. The van der Waals surface area contributed by atoms with Gasteiger partial charge in [-0.25, -0.2) is 0 Å². The normalized spacial score (nSPS) is 13.5. The van der Waals surface area contributed by atoms with Crippen molar-refractivity contribution in [3.05, 3.63) is 107 Å². The molecule has 1 aliphatic rings. The topological polar surface area (TPSA) is 132 Å². The van der Waals surface area contributed by atoms with Gasteiger partial charge in [-0.1, -0.05) is 72.8 Å². The van der Waals surface area contributed by atoms with Gasteiger partial charge in [-0.05, 0) is 45.7 Å². The van der Waals surface area contributed by atoms with Gasteiger partial charge in [0.1, 0.15) is 0 Å². The molecule has 37 heavy (non-hydrogen) atoms. The third-order valence-electron chi connectivity index (χ3n) is 6.22. The number of benzene rings is 4. The van der Waals surface area contributed by atoms with Gasteiger partial charge in [0, 0.05) is 10.9 Å². The molecule has 5 rings (SSSR count). The number of hydrogen-bond donors (Lipinski definition) is 3.